The predicted molar refractivity (Wildman–Crippen MR) is 65.3 cm³/mol. The number of benzene rings is 1. The first-order valence-electron chi connectivity index (χ1n) is 5.87. The maximum absolute atomic E-state index is 5.63. The number of morpholine rings is 1. The van der Waals surface area contributed by atoms with Crippen LogP contribution in [0.15, 0.2) is 24.3 Å². The maximum Gasteiger partial charge on any atom is 0.0824 e. The second kappa shape index (κ2) is 5.43. The molecule has 3 heteroatoms. The van der Waals surface area contributed by atoms with Gasteiger partial charge in [-0.3, -0.25) is 4.90 Å². The van der Waals surface area contributed by atoms with Gasteiger partial charge in [-0.15, -0.1) is 0 Å². The normalized spacial score (nSPS) is 22.2. The Kier molecular flexibility index (Phi) is 3.93. The highest BCUT2D eigenvalue weighted by atomic mass is 16.5. The Labute approximate surface area is 97.2 Å². The van der Waals surface area contributed by atoms with E-state index < -0.39 is 0 Å². The van der Waals surface area contributed by atoms with Crippen LogP contribution in [0, 0.1) is 6.92 Å². The molecule has 2 rings (SSSR count). The fourth-order valence-electron chi connectivity index (χ4n) is 2.02. The summed E-state index contributed by atoms with van der Waals surface area (Å²) in [4.78, 5) is 2.41. The molecular formula is C13H20N2O. The minimum Gasteiger partial charge on any atom is -0.374 e. The molecule has 88 valence electrons. The van der Waals surface area contributed by atoms with Crippen molar-refractivity contribution in [3.05, 3.63) is 35.4 Å². The summed E-state index contributed by atoms with van der Waals surface area (Å²) < 4.78 is 5.55. The quantitative estimate of drug-likeness (QED) is 0.830. The van der Waals surface area contributed by atoms with Gasteiger partial charge in [0.1, 0.15) is 0 Å². The molecule has 16 heavy (non-hydrogen) atoms. The summed E-state index contributed by atoms with van der Waals surface area (Å²) in [6.07, 6.45) is 0.208. The van der Waals surface area contributed by atoms with Crippen molar-refractivity contribution in [2.75, 3.05) is 26.2 Å². The van der Waals surface area contributed by atoms with Crippen LogP contribution >= 0.6 is 0 Å². The van der Waals surface area contributed by atoms with E-state index in [2.05, 4.69) is 36.1 Å². The summed E-state index contributed by atoms with van der Waals surface area (Å²) in [6.45, 7) is 6.48. The third-order valence-electron chi connectivity index (χ3n) is 3.01. The average molecular weight is 220 g/mol. The smallest absolute Gasteiger partial charge is 0.0824 e. The molecular weight excluding hydrogens is 200 g/mol. The molecule has 0 aliphatic carbocycles. The molecule has 1 aliphatic rings. The van der Waals surface area contributed by atoms with Crippen molar-refractivity contribution in [3.63, 3.8) is 0 Å². The van der Waals surface area contributed by atoms with Gasteiger partial charge in [0.15, 0.2) is 0 Å². The summed E-state index contributed by atoms with van der Waals surface area (Å²) in [7, 11) is 0. The van der Waals surface area contributed by atoms with E-state index in [0.29, 0.717) is 6.54 Å². The van der Waals surface area contributed by atoms with Crippen LogP contribution in [0.5, 0.6) is 0 Å². The first-order valence-corrected chi connectivity index (χ1v) is 5.87. The van der Waals surface area contributed by atoms with Crippen LogP contribution in [0.1, 0.15) is 11.1 Å². The molecule has 1 aliphatic heterocycles. The zero-order chi connectivity index (χ0) is 11.4. The van der Waals surface area contributed by atoms with Gasteiger partial charge in [-0.2, -0.15) is 0 Å². The van der Waals surface area contributed by atoms with Crippen LogP contribution in [0.25, 0.3) is 0 Å². The number of ether oxygens (including phenoxy) is 1. The van der Waals surface area contributed by atoms with E-state index in [4.69, 9.17) is 10.5 Å². The minimum atomic E-state index is 0.208. The number of nitrogens with two attached hydrogens (primary N) is 1. The molecule has 0 aromatic heterocycles. The highest BCUT2D eigenvalue weighted by Gasteiger charge is 2.18. The van der Waals surface area contributed by atoms with Gasteiger partial charge in [0.25, 0.3) is 0 Å². The lowest BCUT2D eigenvalue weighted by Gasteiger charge is -2.32. The summed E-state index contributed by atoms with van der Waals surface area (Å²) in [5.74, 6) is 0. The minimum absolute atomic E-state index is 0.208. The molecule has 1 aromatic carbocycles. The van der Waals surface area contributed by atoms with Crippen LogP contribution in [0.3, 0.4) is 0 Å². The fraction of sp³-hybridized carbons (Fsp3) is 0.538. The van der Waals surface area contributed by atoms with Gasteiger partial charge in [-0.25, -0.2) is 0 Å². The molecule has 0 unspecified atom stereocenters. The molecule has 0 spiro atoms. The van der Waals surface area contributed by atoms with Crippen LogP contribution in [0.4, 0.5) is 0 Å². The van der Waals surface area contributed by atoms with Crippen LogP contribution in [-0.2, 0) is 11.3 Å². The Morgan fingerprint density at radius 1 is 1.38 bits per heavy atom. The zero-order valence-corrected chi connectivity index (χ0v) is 9.86. The monoisotopic (exact) mass is 220 g/mol. The van der Waals surface area contributed by atoms with Crippen molar-refractivity contribution in [1.29, 1.82) is 0 Å². The highest BCUT2D eigenvalue weighted by Crippen LogP contribution is 2.10. The topological polar surface area (TPSA) is 38.5 Å². The van der Waals surface area contributed by atoms with Crippen molar-refractivity contribution >= 4 is 0 Å². The number of rotatable bonds is 3. The zero-order valence-electron chi connectivity index (χ0n) is 9.86. The molecule has 0 saturated carbocycles. The van der Waals surface area contributed by atoms with E-state index in [0.717, 1.165) is 26.2 Å². The first-order chi connectivity index (χ1) is 7.78. The maximum atomic E-state index is 5.63. The van der Waals surface area contributed by atoms with Crippen LogP contribution < -0.4 is 5.73 Å². The summed E-state index contributed by atoms with van der Waals surface area (Å²) in [6, 6.07) is 8.72. The standard InChI is InChI=1S/C13H20N2O/c1-11-2-4-12(5-3-11)9-15-6-7-16-13(8-14)10-15/h2-5,13H,6-10,14H2,1H3/t13-/m1/s1. The number of nitrogens with zero attached hydrogens (tertiary/aromatic N) is 1. The Morgan fingerprint density at radius 3 is 2.81 bits per heavy atom. The van der Waals surface area contributed by atoms with Gasteiger partial charge in [-0.1, -0.05) is 29.8 Å². The average Bonchev–Trinajstić information content (AvgIpc) is 2.32. The molecule has 1 aromatic rings. The molecule has 1 heterocycles. The van der Waals surface area contributed by atoms with E-state index >= 15 is 0 Å². The largest absolute Gasteiger partial charge is 0.374 e. The molecule has 0 amide bonds. The highest BCUT2D eigenvalue weighted by molar-refractivity contribution is 5.21. The van der Waals surface area contributed by atoms with Gasteiger partial charge >= 0.3 is 0 Å². The fourth-order valence-corrected chi connectivity index (χ4v) is 2.02. The van der Waals surface area contributed by atoms with Gasteiger partial charge in [0.05, 0.1) is 12.7 Å². The second-order valence-electron chi connectivity index (χ2n) is 4.45. The number of hydrogen-bond acceptors (Lipinski definition) is 3. The van der Waals surface area contributed by atoms with Crippen molar-refractivity contribution in [1.82, 2.24) is 4.90 Å². The third-order valence-corrected chi connectivity index (χ3v) is 3.01. The SMILES string of the molecule is Cc1ccc(CN2CCO[C@H](CN)C2)cc1. The molecule has 2 N–H and O–H groups in total. The Morgan fingerprint density at radius 2 is 2.12 bits per heavy atom. The molecule has 1 atom stereocenters. The lowest BCUT2D eigenvalue weighted by Crippen LogP contribution is -2.45. The molecule has 1 fully saturated rings. The van der Waals surface area contributed by atoms with E-state index in [-0.39, 0.29) is 6.10 Å². The summed E-state index contributed by atoms with van der Waals surface area (Å²) in [5.41, 5.74) is 8.30. The van der Waals surface area contributed by atoms with Crippen molar-refractivity contribution < 1.29 is 4.74 Å². The molecule has 0 bridgehead atoms. The Hall–Kier alpha value is -0.900. The van der Waals surface area contributed by atoms with Crippen molar-refractivity contribution in [2.45, 2.75) is 19.6 Å². The number of aryl methyl sites for hydroxylation is 1. The van der Waals surface area contributed by atoms with E-state index in [1.54, 1.807) is 0 Å². The van der Waals surface area contributed by atoms with Crippen molar-refractivity contribution in [3.8, 4) is 0 Å². The van der Waals surface area contributed by atoms with Gasteiger partial charge in [-0.05, 0) is 12.5 Å². The lowest BCUT2D eigenvalue weighted by atomic mass is 10.1. The molecule has 3 nitrogen and oxygen atoms in total. The Balaban J connectivity index is 1.91. The summed E-state index contributed by atoms with van der Waals surface area (Å²) >= 11 is 0. The van der Waals surface area contributed by atoms with Crippen LogP contribution in [0.2, 0.25) is 0 Å². The van der Waals surface area contributed by atoms with Gasteiger partial charge < -0.3 is 10.5 Å². The first kappa shape index (κ1) is 11.6. The Bertz CT molecular complexity index is 323. The number of hydrogen-bond donors (Lipinski definition) is 1. The van der Waals surface area contributed by atoms with E-state index in [9.17, 15) is 0 Å². The van der Waals surface area contributed by atoms with E-state index in [1.807, 2.05) is 0 Å². The molecule has 0 radical (unpaired) electrons. The lowest BCUT2D eigenvalue weighted by molar-refractivity contribution is -0.0260. The molecule has 1 saturated heterocycles. The van der Waals surface area contributed by atoms with Gasteiger partial charge in [0.2, 0.25) is 0 Å². The summed E-state index contributed by atoms with van der Waals surface area (Å²) in [5, 5.41) is 0. The van der Waals surface area contributed by atoms with Gasteiger partial charge in [0, 0.05) is 26.2 Å². The predicted octanol–water partition coefficient (Wildman–Crippen LogP) is 1.15. The van der Waals surface area contributed by atoms with Crippen LogP contribution in [-0.4, -0.2) is 37.2 Å². The third kappa shape index (κ3) is 3.04. The van der Waals surface area contributed by atoms with E-state index in [1.165, 1.54) is 11.1 Å². The second-order valence-corrected chi connectivity index (χ2v) is 4.45. The van der Waals surface area contributed by atoms with Crippen molar-refractivity contribution in [2.24, 2.45) is 5.73 Å².